The zero-order valence-electron chi connectivity index (χ0n) is 13.0. The van der Waals surface area contributed by atoms with Crippen LogP contribution in [-0.2, 0) is 17.1 Å². The van der Waals surface area contributed by atoms with Crippen molar-refractivity contribution in [1.82, 2.24) is 9.78 Å². The lowest BCUT2D eigenvalue weighted by Gasteiger charge is -2.16. The van der Waals surface area contributed by atoms with Gasteiger partial charge in [0.1, 0.15) is 5.01 Å². The monoisotopic (exact) mass is 352 g/mol. The van der Waals surface area contributed by atoms with E-state index in [0.717, 1.165) is 28.2 Å². The molecule has 0 atom stereocenters. The van der Waals surface area contributed by atoms with Gasteiger partial charge in [0.05, 0.1) is 10.9 Å². The number of primary sulfonamides is 1. The summed E-state index contributed by atoms with van der Waals surface area (Å²) in [6, 6.07) is 6.92. The number of benzene rings is 1. The van der Waals surface area contributed by atoms with Gasteiger partial charge in [-0.05, 0) is 25.0 Å². The van der Waals surface area contributed by atoms with E-state index in [9.17, 15) is 8.42 Å². The largest absolute Gasteiger partial charge is 0.254 e. The van der Waals surface area contributed by atoms with Gasteiger partial charge < -0.3 is 0 Å². The maximum atomic E-state index is 11.5. The number of aromatic nitrogens is 2. The van der Waals surface area contributed by atoms with Gasteiger partial charge in [0.15, 0.2) is 0 Å². The molecule has 1 aromatic carbocycles. The first-order valence-electron chi connectivity index (χ1n) is 7.65. The van der Waals surface area contributed by atoms with Gasteiger partial charge in [0, 0.05) is 12.6 Å². The minimum absolute atomic E-state index is 0.0959. The summed E-state index contributed by atoms with van der Waals surface area (Å²) in [7, 11) is -1.85. The number of nitrogens with zero attached hydrogens (tertiary/aromatic N) is 3. The third-order valence-electron chi connectivity index (χ3n) is 3.98. The molecule has 1 saturated carbocycles. The molecule has 0 saturated heterocycles. The Morgan fingerprint density at radius 3 is 2.74 bits per heavy atom. The smallest absolute Gasteiger partial charge is 0.238 e. The van der Waals surface area contributed by atoms with Crippen molar-refractivity contribution in [1.29, 1.82) is 0 Å². The fraction of sp³-hybridized carbons (Fsp3) is 0.467. The van der Waals surface area contributed by atoms with Crippen LogP contribution in [0.1, 0.15) is 32.1 Å². The summed E-state index contributed by atoms with van der Waals surface area (Å²) < 4.78 is 24.7. The molecule has 0 radical (unpaired) electrons. The van der Waals surface area contributed by atoms with E-state index >= 15 is 0 Å². The van der Waals surface area contributed by atoms with E-state index < -0.39 is 10.0 Å². The van der Waals surface area contributed by atoms with Crippen LogP contribution in [0.5, 0.6) is 0 Å². The zero-order valence-corrected chi connectivity index (χ0v) is 14.6. The van der Waals surface area contributed by atoms with Gasteiger partial charge in [-0.2, -0.15) is 5.10 Å². The van der Waals surface area contributed by atoms with Crippen molar-refractivity contribution in [3.63, 3.8) is 0 Å². The molecule has 23 heavy (non-hydrogen) atoms. The molecular formula is C15H20N4O2S2. The Bertz CT molecular complexity index is 862. The average Bonchev–Trinajstić information content (AvgIpc) is 2.89. The van der Waals surface area contributed by atoms with Crippen molar-refractivity contribution in [3.05, 3.63) is 29.1 Å². The van der Waals surface area contributed by atoms with E-state index in [1.165, 1.54) is 36.7 Å². The van der Waals surface area contributed by atoms with Crippen LogP contribution < -0.4 is 9.94 Å². The summed E-state index contributed by atoms with van der Waals surface area (Å²) in [5.74, 6) is 0. The number of hydrogen-bond donors (Lipinski definition) is 1. The summed E-state index contributed by atoms with van der Waals surface area (Å²) >= 11 is 1.48. The van der Waals surface area contributed by atoms with Crippen molar-refractivity contribution in [3.8, 4) is 10.6 Å². The molecule has 1 heterocycles. The Labute approximate surface area is 139 Å². The minimum atomic E-state index is -3.71. The normalized spacial score (nSPS) is 17.6. The predicted molar refractivity (Wildman–Crippen MR) is 90.3 cm³/mol. The number of aryl methyl sites for hydroxylation is 1. The summed E-state index contributed by atoms with van der Waals surface area (Å²) in [6.45, 7) is 0. The molecule has 1 aliphatic carbocycles. The number of rotatable bonds is 3. The van der Waals surface area contributed by atoms with Gasteiger partial charge >= 0.3 is 0 Å². The third-order valence-corrected chi connectivity index (χ3v) is 5.96. The number of sulfonamides is 1. The first-order valence-corrected chi connectivity index (χ1v) is 10.0. The lowest BCUT2D eigenvalue weighted by Crippen LogP contribution is -2.18. The molecule has 2 N–H and O–H groups in total. The van der Waals surface area contributed by atoms with E-state index in [4.69, 9.17) is 10.1 Å². The van der Waals surface area contributed by atoms with Crippen LogP contribution in [0.15, 0.2) is 34.2 Å². The SMILES string of the molecule is Cn1nc(-c2cccc(S(N)(=O)=O)c2)s/c1=N/C1CCCCC1. The van der Waals surface area contributed by atoms with Crippen LogP contribution in [0.3, 0.4) is 0 Å². The van der Waals surface area contributed by atoms with Gasteiger partial charge in [-0.3, -0.25) is 4.99 Å². The molecule has 0 aliphatic heterocycles. The first-order chi connectivity index (χ1) is 10.9. The lowest BCUT2D eigenvalue weighted by atomic mass is 9.96. The van der Waals surface area contributed by atoms with Gasteiger partial charge in [-0.1, -0.05) is 42.7 Å². The van der Waals surface area contributed by atoms with E-state index in [1.807, 2.05) is 13.1 Å². The second-order valence-electron chi connectivity index (χ2n) is 5.81. The maximum Gasteiger partial charge on any atom is 0.238 e. The van der Waals surface area contributed by atoms with E-state index in [0.29, 0.717) is 6.04 Å². The van der Waals surface area contributed by atoms with Crippen molar-refractivity contribution in [2.45, 2.75) is 43.0 Å². The average molecular weight is 352 g/mol. The van der Waals surface area contributed by atoms with Crippen LogP contribution in [0.4, 0.5) is 0 Å². The quantitative estimate of drug-likeness (QED) is 0.916. The second kappa shape index (κ2) is 6.54. The molecule has 0 unspecified atom stereocenters. The summed E-state index contributed by atoms with van der Waals surface area (Å²) in [6.07, 6.45) is 6.04. The highest BCUT2D eigenvalue weighted by atomic mass is 32.2. The molecule has 8 heteroatoms. The van der Waals surface area contributed by atoms with Gasteiger partial charge in [0.25, 0.3) is 0 Å². The summed E-state index contributed by atoms with van der Waals surface area (Å²) in [5, 5.41) is 10.4. The minimum Gasteiger partial charge on any atom is -0.254 e. The lowest BCUT2D eigenvalue weighted by molar-refractivity contribution is 0.434. The fourth-order valence-electron chi connectivity index (χ4n) is 2.75. The summed E-state index contributed by atoms with van der Waals surface area (Å²) in [5.41, 5.74) is 0.738. The van der Waals surface area contributed by atoms with Crippen molar-refractivity contribution < 1.29 is 8.42 Å². The Morgan fingerprint density at radius 1 is 1.30 bits per heavy atom. The summed E-state index contributed by atoms with van der Waals surface area (Å²) in [4.78, 5) is 5.78. The number of nitrogens with two attached hydrogens (primary N) is 1. The third kappa shape index (κ3) is 3.88. The Balaban J connectivity index is 1.96. The van der Waals surface area contributed by atoms with Crippen LogP contribution in [0, 0.1) is 0 Å². The highest BCUT2D eigenvalue weighted by Crippen LogP contribution is 2.23. The van der Waals surface area contributed by atoms with Gasteiger partial charge in [-0.15, -0.1) is 0 Å². The molecule has 1 aromatic heterocycles. The number of hydrogen-bond acceptors (Lipinski definition) is 5. The second-order valence-corrected chi connectivity index (χ2v) is 8.32. The topological polar surface area (TPSA) is 90.3 Å². The predicted octanol–water partition coefficient (Wildman–Crippen LogP) is 2.03. The molecular weight excluding hydrogens is 332 g/mol. The first kappa shape index (κ1) is 16.4. The zero-order chi connectivity index (χ0) is 16.4. The molecule has 124 valence electrons. The van der Waals surface area contributed by atoms with E-state index in [-0.39, 0.29) is 4.90 Å². The van der Waals surface area contributed by atoms with Crippen molar-refractivity contribution in [2.75, 3.05) is 0 Å². The molecule has 3 rings (SSSR count). The fourth-order valence-corrected chi connectivity index (χ4v) is 4.27. The van der Waals surface area contributed by atoms with E-state index in [2.05, 4.69) is 5.10 Å². The van der Waals surface area contributed by atoms with Gasteiger partial charge in [0.2, 0.25) is 14.8 Å². The molecule has 0 spiro atoms. The van der Waals surface area contributed by atoms with Crippen molar-refractivity contribution >= 4 is 21.4 Å². The highest BCUT2D eigenvalue weighted by Gasteiger charge is 2.14. The van der Waals surface area contributed by atoms with Crippen LogP contribution in [0.25, 0.3) is 10.6 Å². The van der Waals surface area contributed by atoms with Crippen LogP contribution >= 0.6 is 11.3 Å². The molecule has 1 fully saturated rings. The van der Waals surface area contributed by atoms with Gasteiger partial charge in [-0.25, -0.2) is 18.2 Å². The van der Waals surface area contributed by atoms with Crippen LogP contribution in [0.2, 0.25) is 0 Å². The maximum absolute atomic E-state index is 11.5. The molecule has 1 aliphatic rings. The molecule has 0 amide bonds. The Kier molecular flexibility index (Phi) is 4.65. The molecule has 6 nitrogen and oxygen atoms in total. The van der Waals surface area contributed by atoms with E-state index in [1.54, 1.807) is 16.8 Å². The Morgan fingerprint density at radius 2 is 2.04 bits per heavy atom. The molecule has 0 bridgehead atoms. The van der Waals surface area contributed by atoms with Crippen molar-refractivity contribution in [2.24, 2.45) is 17.2 Å². The Hall–Kier alpha value is -1.51. The highest BCUT2D eigenvalue weighted by molar-refractivity contribution is 7.89. The standard InChI is InChI=1S/C15H20N4O2S2/c1-19-15(17-12-7-3-2-4-8-12)22-14(18-19)11-6-5-9-13(10-11)23(16,20)21/h5-6,9-10,12H,2-4,7-8H2,1H3,(H2,16,20,21)/b17-15+. The van der Waals surface area contributed by atoms with Crippen LogP contribution in [-0.4, -0.2) is 24.2 Å². The molecule has 2 aromatic rings.